The number of hydrogen-bond acceptors (Lipinski definition) is 8. The average Bonchev–Trinajstić information content (AvgIpc) is 3.25. The minimum Gasteiger partial charge on any atom is -0.421 e. The number of nitrogens with zero attached hydrogens (tertiary/aromatic N) is 6. The van der Waals surface area contributed by atoms with Gasteiger partial charge in [0.1, 0.15) is 17.3 Å². The number of rotatable bonds is 4. The fourth-order valence-corrected chi connectivity index (χ4v) is 5.27. The quantitative estimate of drug-likeness (QED) is 0.363. The number of benzene rings is 1. The van der Waals surface area contributed by atoms with E-state index in [1.165, 1.54) is 12.1 Å². The van der Waals surface area contributed by atoms with Crippen LogP contribution in [0, 0.1) is 18.2 Å². The summed E-state index contributed by atoms with van der Waals surface area (Å²) in [6.45, 7) is 3.43. The molecule has 4 aromatic heterocycles. The summed E-state index contributed by atoms with van der Waals surface area (Å²) in [6.07, 6.45) is 7.35. The first kappa shape index (κ1) is 20.4. The first-order chi connectivity index (χ1) is 16.9. The number of nitrogens with one attached hydrogen (secondary N) is 2. The van der Waals surface area contributed by atoms with Crippen LogP contribution >= 0.6 is 0 Å². The minimum absolute atomic E-state index is 0.0707. The molecule has 4 N–H and O–H groups in total. The van der Waals surface area contributed by atoms with Crippen molar-refractivity contribution in [2.24, 2.45) is 11.1 Å². The molecule has 10 nitrogen and oxygen atoms in total. The van der Waals surface area contributed by atoms with E-state index in [0.717, 1.165) is 41.5 Å². The second kappa shape index (κ2) is 7.01. The van der Waals surface area contributed by atoms with E-state index in [1.54, 1.807) is 30.2 Å². The van der Waals surface area contributed by atoms with Crippen molar-refractivity contribution < 1.29 is 9.13 Å². The summed E-state index contributed by atoms with van der Waals surface area (Å²) in [7, 11) is 1.76. The third-order valence-electron chi connectivity index (χ3n) is 7.37. The molecule has 1 atom stereocenters. The number of hydrogen-bond donors (Lipinski definition) is 3. The molecule has 1 aliphatic heterocycles. The molecular weight excluding hydrogens is 449 g/mol. The number of fused-ring (bicyclic) bond motifs is 4. The van der Waals surface area contributed by atoms with Gasteiger partial charge in [-0.2, -0.15) is 15.1 Å². The Morgan fingerprint density at radius 1 is 1.26 bits per heavy atom. The van der Waals surface area contributed by atoms with Crippen molar-refractivity contribution >= 4 is 39.1 Å². The Labute approximate surface area is 199 Å². The lowest BCUT2D eigenvalue weighted by Gasteiger charge is -2.19. The maximum absolute atomic E-state index is 14.5. The fraction of sp³-hybridized carbons (Fsp3) is 0.333. The molecule has 5 aromatic rings. The molecule has 1 aromatic carbocycles. The lowest BCUT2D eigenvalue weighted by atomic mass is 10.0. The van der Waals surface area contributed by atoms with Gasteiger partial charge in [-0.1, -0.05) is 0 Å². The van der Waals surface area contributed by atoms with E-state index >= 15 is 0 Å². The van der Waals surface area contributed by atoms with E-state index in [-0.39, 0.29) is 23.3 Å². The topological polar surface area (TPSA) is 122 Å². The zero-order chi connectivity index (χ0) is 23.9. The number of aryl methyl sites for hydroxylation is 1. The van der Waals surface area contributed by atoms with Gasteiger partial charge in [-0.15, -0.1) is 0 Å². The van der Waals surface area contributed by atoms with E-state index in [9.17, 15) is 4.39 Å². The lowest BCUT2D eigenvalue weighted by Crippen LogP contribution is -2.30. The Morgan fingerprint density at radius 2 is 2.11 bits per heavy atom. The Kier molecular flexibility index (Phi) is 4.09. The first-order valence-corrected chi connectivity index (χ1v) is 11.6. The van der Waals surface area contributed by atoms with Crippen molar-refractivity contribution in [1.29, 1.82) is 0 Å². The molecule has 1 unspecified atom stereocenters. The van der Waals surface area contributed by atoms with Crippen LogP contribution in [-0.4, -0.2) is 55.7 Å². The maximum Gasteiger partial charge on any atom is 0.326 e. The largest absolute Gasteiger partial charge is 0.421 e. The van der Waals surface area contributed by atoms with Crippen molar-refractivity contribution in [3.8, 4) is 11.8 Å². The van der Waals surface area contributed by atoms with E-state index < -0.39 is 0 Å². The molecule has 5 heterocycles. The van der Waals surface area contributed by atoms with Crippen LogP contribution in [0.5, 0.6) is 11.8 Å². The van der Waals surface area contributed by atoms with Crippen molar-refractivity contribution in [2.45, 2.75) is 25.8 Å². The number of aromatic amines is 1. The SMILES string of the molecule is CNc1cc(F)cc2c1[nH]c1nc(Oc3cnc4c(C)cnn4c3)nc(N3CC(N)C4(CC4)C3)c12. The van der Waals surface area contributed by atoms with E-state index in [1.807, 2.05) is 6.92 Å². The first-order valence-electron chi connectivity index (χ1n) is 11.6. The van der Waals surface area contributed by atoms with Gasteiger partial charge in [-0.3, -0.25) is 0 Å². The number of ether oxygens (including phenoxy) is 1. The van der Waals surface area contributed by atoms with Crippen LogP contribution < -0.4 is 20.7 Å². The number of aromatic nitrogens is 6. The molecule has 2 fully saturated rings. The lowest BCUT2D eigenvalue weighted by molar-refractivity contribution is 0.438. The highest BCUT2D eigenvalue weighted by atomic mass is 19.1. The van der Waals surface area contributed by atoms with Crippen LogP contribution in [-0.2, 0) is 0 Å². The molecular formula is C24H24FN9O. The summed E-state index contributed by atoms with van der Waals surface area (Å²) in [4.78, 5) is 19.4. The highest BCUT2D eigenvalue weighted by molar-refractivity contribution is 6.14. The zero-order valence-electron chi connectivity index (χ0n) is 19.3. The van der Waals surface area contributed by atoms with Gasteiger partial charge >= 0.3 is 6.01 Å². The molecule has 1 saturated carbocycles. The predicted octanol–water partition coefficient (Wildman–Crippen LogP) is 3.36. The molecule has 11 heteroatoms. The molecule has 1 spiro atoms. The zero-order valence-corrected chi connectivity index (χ0v) is 19.3. The summed E-state index contributed by atoms with van der Waals surface area (Å²) in [5.74, 6) is 0.813. The molecule has 7 rings (SSSR count). The van der Waals surface area contributed by atoms with Gasteiger partial charge in [0.25, 0.3) is 0 Å². The Bertz CT molecular complexity index is 1640. The second-order valence-corrected chi connectivity index (χ2v) is 9.64. The third-order valence-corrected chi connectivity index (χ3v) is 7.37. The summed E-state index contributed by atoms with van der Waals surface area (Å²) in [5.41, 5.74) is 10.3. The average molecular weight is 474 g/mol. The molecule has 1 aliphatic carbocycles. The smallest absolute Gasteiger partial charge is 0.326 e. The van der Waals surface area contributed by atoms with Gasteiger partial charge in [-0.05, 0) is 31.9 Å². The summed E-state index contributed by atoms with van der Waals surface area (Å²) >= 11 is 0. The Balaban J connectivity index is 1.40. The molecule has 0 bridgehead atoms. The van der Waals surface area contributed by atoms with Crippen molar-refractivity contribution in [3.05, 3.63) is 42.1 Å². The van der Waals surface area contributed by atoms with Gasteiger partial charge in [-0.25, -0.2) is 13.9 Å². The van der Waals surface area contributed by atoms with Crippen LogP contribution in [0.3, 0.4) is 0 Å². The molecule has 0 amide bonds. The summed E-state index contributed by atoms with van der Waals surface area (Å²) < 4.78 is 22.2. The van der Waals surface area contributed by atoms with Gasteiger partial charge in [0.2, 0.25) is 0 Å². The normalized spacial score (nSPS) is 18.9. The van der Waals surface area contributed by atoms with Crippen molar-refractivity contribution in [2.75, 3.05) is 30.4 Å². The van der Waals surface area contributed by atoms with Gasteiger partial charge in [0.05, 0.1) is 35.2 Å². The maximum atomic E-state index is 14.5. The van der Waals surface area contributed by atoms with Crippen LogP contribution in [0.15, 0.2) is 30.7 Å². The van der Waals surface area contributed by atoms with Gasteiger partial charge < -0.3 is 25.7 Å². The Morgan fingerprint density at radius 3 is 2.89 bits per heavy atom. The highest BCUT2D eigenvalue weighted by Gasteiger charge is 2.54. The monoisotopic (exact) mass is 473 g/mol. The summed E-state index contributed by atoms with van der Waals surface area (Å²) in [5, 5.41) is 8.83. The predicted molar refractivity (Wildman–Crippen MR) is 131 cm³/mol. The minimum atomic E-state index is -0.334. The molecule has 178 valence electrons. The standard InChI is InChI=1S/C24H24FN9O/c1-12-7-29-34-9-14(8-28-21(12)34)35-23-31-20-18(15-5-13(25)6-16(27-2)19(15)30-20)22(32-23)33-10-17(26)24(11-33)3-4-24/h5-9,17,27H,3-4,10-11,26H2,1-2H3,(H,30,31,32). The van der Waals surface area contributed by atoms with E-state index in [0.29, 0.717) is 34.8 Å². The van der Waals surface area contributed by atoms with Crippen LogP contribution in [0.1, 0.15) is 18.4 Å². The molecule has 0 radical (unpaired) electrons. The number of halogens is 1. The van der Waals surface area contributed by atoms with Gasteiger partial charge in [0, 0.05) is 42.5 Å². The molecule has 1 saturated heterocycles. The number of nitrogens with two attached hydrogens (primary N) is 1. The van der Waals surface area contributed by atoms with Crippen LogP contribution in [0.2, 0.25) is 0 Å². The van der Waals surface area contributed by atoms with Gasteiger partial charge in [0.15, 0.2) is 11.4 Å². The van der Waals surface area contributed by atoms with E-state index in [4.69, 9.17) is 15.5 Å². The number of H-pyrrole nitrogens is 1. The van der Waals surface area contributed by atoms with Crippen LogP contribution in [0.4, 0.5) is 15.9 Å². The Hall–Kier alpha value is -3.99. The van der Waals surface area contributed by atoms with Crippen molar-refractivity contribution in [1.82, 2.24) is 29.5 Å². The second-order valence-electron chi connectivity index (χ2n) is 9.64. The highest BCUT2D eigenvalue weighted by Crippen LogP contribution is 2.53. The van der Waals surface area contributed by atoms with E-state index in [2.05, 4.69) is 30.3 Å². The fourth-order valence-electron chi connectivity index (χ4n) is 5.27. The van der Waals surface area contributed by atoms with Crippen molar-refractivity contribution in [3.63, 3.8) is 0 Å². The molecule has 2 aliphatic rings. The number of anilines is 2. The third kappa shape index (κ3) is 3.04. The summed E-state index contributed by atoms with van der Waals surface area (Å²) in [6, 6.07) is 3.21. The van der Waals surface area contributed by atoms with Crippen LogP contribution in [0.25, 0.3) is 27.6 Å². The molecule has 35 heavy (non-hydrogen) atoms.